The van der Waals surface area contributed by atoms with Gasteiger partial charge in [-0.15, -0.1) is 11.3 Å². The largest absolute Gasteiger partial charge is 0.325 e. The Labute approximate surface area is 189 Å². The number of thiophene rings is 1. The number of amides is 1. The average molecular weight is 481 g/mol. The van der Waals surface area contributed by atoms with Crippen molar-refractivity contribution in [3.8, 4) is 0 Å². The van der Waals surface area contributed by atoms with Crippen molar-refractivity contribution >= 4 is 54.9 Å². The third kappa shape index (κ3) is 5.00. The monoisotopic (exact) mass is 480 g/mol. The number of carbonyl (C=O) groups is 1. The molecule has 2 aromatic heterocycles. The first-order valence-corrected chi connectivity index (χ1v) is 12.9. The fraction of sp³-hybridized carbons (Fsp3) is 0.350. The molecular formula is C20H24N4O4S3. The van der Waals surface area contributed by atoms with Crippen LogP contribution in [0.25, 0.3) is 10.2 Å². The molecule has 0 radical (unpaired) electrons. The van der Waals surface area contributed by atoms with E-state index in [4.69, 9.17) is 0 Å². The van der Waals surface area contributed by atoms with Crippen LogP contribution in [-0.2, 0) is 14.8 Å². The fourth-order valence-electron chi connectivity index (χ4n) is 3.06. The van der Waals surface area contributed by atoms with Crippen molar-refractivity contribution in [2.75, 3.05) is 24.2 Å². The Hall–Kier alpha value is -2.21. The highest BCUT2D eigenvalue weighted by Gasteiger charge is 2.21. The molecule has 2 N–H and O–H groups in total. The summed E-state index contributed by atoms with van der Waals surface area (Å²) < 4.78 is 26.4. The van der Waals surface area contributed by atoms with E-state index in [1.807, 2.05) is 13.8 Å². The van der Waals surface area contributed by atoms with E-state index in [2.05, 4.69) is 15.3 Å². The lowest BCUT2D eigenvalue weighted by atomic mass is 10.2. The lowest BCUT2D eigenvalue weighted by molar-refractivity contribution is -0.113. The topological polar surface area (TPSA) is 112 Å². The first-order valence-electron chi connectivity index (χ1n) is 9.70. The van der Waals surface area contributed by atoms with Crippen LogP contribution in [0.5, 0.6) is 0 Å². The van der Waals surface area contributed by atoms with Gasteiger partial charge in [-0.3, -0.25) is 9.59 Å². The summed E-state index contributed by atoms with van der Waals surface area (Å²) in [7, 11) is -3.54. The zero-order valence-electron chi connectivity index (χ0n) is 17.7. The fourth-order valence-corrected chi connectivity index (χ4v) is 6.26. The summed E-state index contributed by atoms with van der Waals surface area (Å²) in [4.78, 5) is 33.7. The molecule has 0 fully saturated rings. The zero-order chi connectivity index (χ0) is 22.8. The number of nitrogens with zero attached hydrogens (tertiary/aromatic N) is 2. The van der Waals surface area contributed by atoms with Gasteiger partial charge in [-0.1, -0.05) is 25.6 Å². The molecule has 0 aliphatic carbocycles. The van der Waals surface area contributed by atoms with Crippen molar-refractivity contribution in [3.63, 3.8) is 0 Å². The second kappa shape index (κ2) is 9.51. The van der Waals surface area contributed by atoms with E-state index >= 15 is 0 Å². The number of H-pyrrole nitrogens is 1. The minimum absolute atomic E-state index is 0.0529. The van der Waals surface area contributed by atoms with Gasteiger partial charge in [0.15, 0.2) is 5.16 Å². The summed E-state index contributed by atoms with van der Waals surface area (Å²) in [6, 6.07) is 6.07. The first-order chi connectivity index (χ1) is 14.7. The number of sulfonamides is 1. The van der Waals surface area contributed by atoms with E-state index in [1.54, 1.807) is 26.0 Å². The SMILES string of the molecule is CCN(CC)S(=O)(=O)c1ccc(NC(=O)CSc2nc3sc(C)c(C)c3c(=O)[nH]2)cc1. The molecule has 1 aromatic carbocycles. The standard InChI is InChI=1S/C20H24N4O4S3/c1-5-24(6-2)31(27,28)15-9-7-14(8-10-15)21-16(25)11-29-20-22-18(26)17-12(3)13(4)30-19(17)23-20/h7-10H,5-6,11H2,1-4H3,(H,21,25)(H,22,23,26). The molecule has 0 atom stereocenters. The number of aromatic amines is 1. The van der Waals surface area contributed by atoms with E-state index in [-0.39, 0.29) is 22.1 Å². The van der Waals surface area contributed by atoms with Gasteiger partial charge in [0, 0.05) is 23.7 Å². The molecule has 0 aliphatic heterocycles. The van der Waals surface area contributed by atoms with Crippen molar-refractivity contribution in [3.05, 3.63) is 45.1 Å². The Bertz CT molecular complexity index is 1260. The number of thioether (sulfide) groups is 1. The lowest BCUT2D eigenvalue weighted by Gasteiger charge is -2.18. The van der Waals surface area contributed by atoms with E-state index in [1.165, 1.54) is 27.8 Å². The number of hydrogen-bond donors (Lipinski definition) is 2. The number of aryl methyl sites for hydroxylation is 2. The molecule has 3 aromatic rings. The number of anilines is 1. The average Bonchev–Trinajstić information content (AvgIpc) is 3.01. The third-order valence-corrected chi connectivity index (χ3v) is 8.88. The van der Waals surface area contributed by atoms with Crippen molar-refractivity contribution in [1.29, 1.82) is 0 Å². The quantitative estimate of drug-likeness (QED) is 0.378. The van der Waals surface area contributed by atoms with Gasteiger partial charge in [0.05, 0.1) is 16.0 Å². The first kappa shape index (κ1) is 23.5. The molecule has 0 bridgehead atoms. The number of fused-ring (bicyclic) bond motifs is 1. The zero-order valence-corrected chi connectivity index (χ0v) is 20.1. The summed E-state index contributed by atoms with van der Waals surface area (Å²) in [5, 5.41) is 3.71. The van der Waals surface area contributed by atoms with Gasteiger partial charge in [-0.25, -0.2) is 13.4 Å². The molecule has 0 unspecified atom stereocenters. The van der Waals surface area contributed by atoms with Crippen LogP contribution in [0, 0.1) is 13.8 Å². The van der Waals surface area contributed by atoms with Crippen LogP contribution in [0.1, 0.15) is 24.3 Å². The van der Waals surface area contributed by atoms with Crippen LogP contribution in [0.4, 0.5) is 5.69 Å². The second-order valence-electron chi connectivity index (χ2n) is 6.79. The normalized spacial score (nSPS) is 11.9. The molecule has 0 spiro atoms. The summed E-state index contributed by atoms with van der Waals surface area (Å²) >= 11 is 2.59. The van der Waals surface area contributed by atoms with Gasteiger partial charge in [0.25, 0.3) is 5.56 Å². The molecule has 31 heavy (non-hydrogen) atoms. The van der Waals surface area contributed by atoms with Crippen LogP contribution < -0.4 is 10.9 Å². The molecule has 2 heterocycles. The van der Waals surface area contributed by atoms with Crippen LogP contribution in [0.2, 0.25) is 0 Å². The van der Waals surface area contributed by atoms with E-state index < -0.39 is 10.0 Å². The summed E-state index contributed by atoms with van der Waals surface area (Å²) in [6.07, 6.45) is 0. The minimum atomic E-state index is -3.54. The highest BCUT2D eigenvalue weighted by molar-refractivity contribution is 7.99. The number of benzene rings is 1. The predicted molar refractivity (Wildman–Crippen MR) is 126 cm³/mol. The van der Waals surface area contributed by atoms with Gasteiger partial charge in [-0.2, -0.15) is 4.31 Å². The number of hydrogen-bond acceptors (Lipinski definition) is 7. The minimum Gasteiger partial charge on any atom is -0.325 e. The van der Waals surface area contributed by atoms with Crippen LogP contribution in [-0.4, -0.2) is 47.4 Å². The predicted octanol–water partition coefficient (Wildman–Crippen LogP) is 3.36. The molecular weight excluding hydrogens is 456 g/mol. The molecule has 11 heteroatoms. The van der Waals surface area contributed by atoms with E-state index in [9.17, 15) is 18.0 Å². The Morgan fingerprint density at radius 1 is 1.19 bits per heavy atom. The Morgan fingerprint density at radius 3 is 2.45 bits per heavy atom. The van der Waals surface area contributed by atoms with Crippen molar-refractivity contribution in [1.82, 2.24) is 14.3 Å². The van der Waals surface area contributed by atoms with Gasteiger partial charge in [0.1, 0.15) is 4.83 Å². The van der Waals surface area contributed by atoms with Gasteiger partial charge in [0.2, 0.25) is 15.9 Å². The van der Waals surface area contributed by atoms with Gasteiger partial charge >= 0.3 is 0 Å². The number of aromatic nitrogens is 2. The molecule has 1 amide bonds. The number of carbonyl (C=O) groups excluding carboxylic acids is 1. The lowest BCUT2D eigenvalue weighted by Crippen LogP contribution is -2.30. The van der Waals surface area contributed by atoms with E-state index in [0.29, 0.717) is 34.1 Å². The Kier molecular flexibility index (Phi) is 7.20. The maximum atomic E-state index is 12.5. The van der Waals surface area contributed by atoms with Crippen LogP contribution in [0.3, 0.4) is 0 Å². The third-order valence-electron chi connectivity index (χ3n) is 4.84. The maximum absolute atomic E-state index is 12.5. The highest BCUT2D eigenvalue weighted by Crippen LogP contribution is 2.27. The van der Waals surface area contributed by atoms with Crippen LogP contribution in [0.15, 0.2) is 39.1 Å². The van der Waals surface area contributed by atoms with Crippen molar-refractivity contribution in [2.24, 2.45) is 0 Å². The van der Waals surface area contributed by atoms with E-state index in [0.717, 1.165) is 22.2 Å². The number of rotatable bonds is 8. The summed E-state index contributed by atoms with van der Waals surface area (Å²) in [5.74, 6) is -0.234. The van der Waals surface area contributed by atoms with Gasteiger partial charge in [-0.05, 0) is 43.7 Å². The Morgan fingerprint density at radius 2 is 1.84 bits per heavy atom. The summed E-state index contributed by atoms with van der Waals surface area (Å²) in [6.45, 7) is 8.19. The van der Waals surface area contributed by atoms with Crippen molar-refractivity contribution < 1.29 is 13.2 Å². The van der Waals surface area contributed by atoms with Crippen molar-refractivity contribution in [2.45, 2.75) is 37.7 Å². The molecule has 3 rings (SSSR count). The Balaban J connectivity index is 1.65. The van der Waals surface area contributed by atoms with Gasteiger partial charge < -0.3 is 10.3 Å². The highest BCUT2D eigenvalue weighted by atomic mass is 32.2. The number of nitrogens with one attached hydrogen (secondary N) is 2. The smallest absolute Gasteiger partial charge is 0.260 e. The molecule has 0 saturated carbocycles. The molecule has 166 valence electrons. The van der Waals surface area contributed by atoms with Crippen LogP contribution >= 0.6 is 23.1 Å². The molecule has 8 nitrogen and oxygen atoms in total. The second-order valence-corrected chi connectivity index (χ2v) is 10.9. The molecule has 0 aliphatic rings. The molecule has 0 saturated heterocycles. The maximum Gasteiger partial charge on any atom is 0.260 e. The summed E-state index contributed by atoms with van der Waals surface area (Å²) in [5.41, 5.74) is 1.21.